The lowest BCUT2D eigenvalue weighted by Crippen LogP contribution is -2.35. The van der Waals surface area contributed by atoms with E-state index in [0.717, 1.165) is 12.1 Å². The normalized spacial score (nSPS) is 15.9. The van der Waals surface area contributed by atoms with Crippen LogP contribution >= 0.6 is 0 Å². The number of aromatic nitrogens is 1. The largest absolute Gasteiger partial charge is 0.464 e. The van der Waals surface area contributed by atoms with E-state index in [1.165, 1.54) is 44.1 Å². The van der Waals surface area contributed by atoms with Crippen LogP contribution in [0.3, 0.4) is 0 Å². The first-order valence-electron chi connectivity index (χ1n) is 9.93. The van der Waals surface area contributed by atoms with Crippen LogP contribution in [-0.4, -0.2) is 15.9 Å². The fourth-order valence-corrected chi connectivity index (χ4v) is 4.11. The molecule has 1 aromatic carbocycles. The summed E-state index contributed by atoms with van der Waals surface area (Å²) in [7, 11) is 0. The number of hydrogen-bond donors (Lipinski definition) is 0. The van der Waals surface area contributed by atoms with Gasteiger partial charge in [0.15, 0.2) is 5.43 Å². The van der Waals surface area contributed by atoms with Crippen LogP contribution in [0.15, 0.2) is 64.3 Å². The maximum Gasteiger partial charge on any atom is 0.197 e. The Morgan fingerprint density at radius 1 is 1.00 bits per heavy atom. The van der Waals surface area contributed by atoms with Crippen LogP contribution in [0.5, 0.6) is 0 Å². The third-order valence-corrected chi connectivity index (χ3v) is 5.57. The molecular weight excluding hydrogens is 336 g/mol. The Morgan fingerprint density at radius 3 is 2.59 bits per heavy atom. The molecule has 0 N–H and O–H groups in total. The van der Waals surface area contributed by atoms with Crippen LogP contribution in [0.4, 0.5) is 0 Å². The van der Waals surface area contributed by atoms with E-state index in [0.29, 0.717) is 23.6 Å². The molecule has 0 atom stereocenters. The number of para-hydroxylation sites is 1. The first-order chi connectivity index (χ1) is 13.3. The molecule has 27 heavy (non-hydrogen) atoms. The highest BCUT2D eigenvalue weighted by Crippen LogP contribution is 2.25. The van der Waals surface area contributed by atoms with Gasteiger partial charge in [-0.25, -0.2) is 0 Å². The second-order valence-electron chi connectivity index (χ2n) is 7.50. The minimum absolute atomic E-state index is 0.0849. The first-order valence-corrected chi connectivity index (χ1v) is 9.93. The number of benzene rings is 1. The van der Waals surface area contributed by atoms with Gasteiger partial charge in [0.25, 0.3) is 0 Å². The van der Waals surface area contributed by atoms with Gasteiger partial charge in [-0.1, -0.05) is 43.9 Å². The molecule has 0 unspecified atom stereocenters. The maximum absolute atomic E-state index is 13.0. The van der Waals surface area contributed by atoms with Crippen molar-refractivity contribution in [2.75, 3.05) is 0 Å². The second kappa shape index (κ2) is 8.49. The number of fused-ring (bicyclic) bond motifs is 1. The van der Waals surface area contributed by atoms with Crippen LogP contribution in [0.25, 0.3) is 11.0 Å². The van der Waals surface area contributed by atoms with E-state index in [-0.39, 0.29) is 5.43 Å². The first kappa shape index (κ1) is 17.9. The molecule has 1 fully saturated rings. The van der Waals surface area contributed by atoms with Crippen LogP contribution in [-0.2, 0) is 13.1 Å². The smallest absolute Gasteiger partial charge is 0.197 e. The van der Waals surface area contributed by atoms with E-state index in [4.69, 9.17) is 4.42 Å². The fourth-order valence-electron chi connectivity index (χ4n) is 4.11. The highest BCUT2D eigenvalue weighted by atomic mass is 16.3. The van der Waals surface area contributed by atoms with Gasteiger partial charge in [0.1, 0.15) is 5.58 Å². The summed E-state index contributed by atoms with van der Waals surface area (Å²) in [6, 6.07) is 12.1. The zero-order valence-corrected chi connectivity index (χ0v) is 15.6. The van der Waals surface area contributed by atoms with Gasteiger partial charge in [-0.15, -0.1) is 0 Å². The van der Waals surface area contributed by atoms with Crippen molar-refractivity contribution < 1.29 is 4.42 Å². The fraction of sp³-hybridized carbons (Fsp3) is 0.391. The summed E-state index contributed by atoms with van der Waals surface area (Å²) in [6.07, 6.45) is 12.9. The molecule has 4 nitrogen and oxygen atoms in total. The highest BCUT2D eigenvalue weighted by molar-refractivity contribution is 5.76. The zero-order valence-electron chi connectivity index (χ0n) is 15.6. The number of rotatable bonds is 5. The Kier molecular flexibility index (Phi) is 5.64. The Bertz CT molecular complexity index is 928. The van der Waals surface area contributed by atoms with E-state index in [2.05, 4.69) is 16.0 Å². The molecule has 0 saturated heterocycles. The molecule has 2 heterocycles. The van der Waals surface area contributed by atoms with Gasteiger partial charge < -0.3 is 4.42 Å². The predicted molar refractivity (Wildman–Crippen MR) is 107 cm³/mol. The van der Waals surface area contributed by atoms with Crippen molar-refractivity contribution in [3.63, 3.8) is 0 Å². The molecule has 1 aliphatic rings. The minimum atomic E-state index is 0.0849. The summed E-state index contributed by atoms with van der Waals surface area (Å²) in [4.78, 5) is 19.7. The maximum atomic E-state index is 13.0. The second-order valence-corrected chi connectivity index (χ2v) is 7.50. The SMILES string of the molecule is O=c1c(CN(Cc2cccnc2)C2CCCCCC2)coc2ccccc12. The summed E-state index contributed by atoms with van der Waals surface area (Å²) in [5.41, 5.74) is 2.66. The Hall–Kier alpha value is -2.46. The third kappa shape index (κ3) is 4.28. The van der Waals surface area contributed by atoms with Crippen molar-refractivity contribution in [1.29, 1.82) is 0 Å². The number of nitrogens with zero attached hydrogens (tertiary/aromatic N) is 2. The molecule has 1 aliphatic carbocycles. The topological polar surface area (TPSA) is 46.3 Å². The van der Waals surface area contributed by atoms with Gasteiger partial charge in [-0.3, -0.25) is 14.7 Å². The number of hydrogen-bond acceptors (Lipinski definition) is 4. The summed E-state index contributed by atoms with van der Waals surface area (Å²) >= 11 is 0. The minimum Gasteiger partial charge on any atom is -0.464 e. The van der Waals surface area contributed by atoms with Gasteiger partial charge in [0, 0.05) is 37.1 Å². The van der Waals surface area contributed by atoms with Crippen LogP contribution in [0, 0.1) is 0 Å². The van der Waals surface area contributed by atoms with Crippen molar-refractivity contribution in [3.8, 4) is 0 Å². The van der Waals surface area contributed by atoms with Crippen molar-refractivity contribution in [2.24, 2.45) is 0 Å². The van der Waals surface area contributed by atoms with Crippen LogP contribution in [0.1, 0.15) is 49.7 Å². The Balaban J connectivity index is 1.64. The lowest BCUT2D eigenvalue weighted by molar-refractivity contribution is 0.160. The predicted octanol–water partition coefficient (Wildman–Crippen LogP) is 4.91. The Morgan fingerprint density at radius 2 is 1.81 bits per heavy atom. The summed E-state index contributed by atoms with van der Waals surface area (Å²) in [5, 5.41) is 0.664. The van der Waals surface area contributed by atoms with Crippen molar-refractivity contribution in [3.05, 3.63) is 76.4 Å². The van der Waals surface area contributed by atoms with E-state index in [9.17, 15) is 4.79 Å². The molecule has 0 aliphatic heterocycles. The molecule has 0 amide bonds. The summed E-state index contributed by atoms with van der Waals surface area (Å²) in [6.45, 7) is 1.43. The van der Waals surface area contributed by atoms with Gasteiger partial charge >= 0.3 is 0 Å². The molecule has 0 bridgehead atoms. The van der Waals surface area contributed by atoms with E-state index in [1.807, 2.05) is 36.5 Å². The average Bonchev–Trinajstić information content (AvgIpc) is 3.00. The molecule has 140 valence electrons. The van der Waals surface area contributed by atoms with Crippen LogP contribution < -0.4 is 5.43 Å². The average molecular weight is 362 g/mol. The molecule has 0 radical (unpaired) electrons. The van der Waals surface area contributed by atoms with Gasteiger partial charge in [0.2, 0.25) is 0 Å². The molecule has 1 saturated carbocycles. The third-order valence-electron chi connectivity index (χ3n) is 5.57. The summed E-state index contributed by atoms with van der Waals surface area (Å²) < 4.78 is 5.75. The molecule has 4 rings (SSSR count). The zero-order chi connectivity index (χ0) is 18.5. The standard InChI is InChI=1S/C23H26N2O2/c26-23-19(17-27-22-12-6-5-11-21(22)23)16-25(15-18-8-7-13-24-14-18)20-9-3-1-2-4-10-20/h5-8,11-14,17,20H,1-4,9-10,15-16H2. The lowest BCUT2D eigenvalue weighted by atomic mass is 10.0. The lowest BCUT2D eigenvalue weighted by Gasteiger charge is -2.31. The molecular formula is C23H26N2O2. The van der Waals surface area contributed by atoms with E-state index in [1.54, 1.807) is 12.5 Å². The molecule has 2 aromatic heterocycles. The molecule has 0 spiro atoms. The van der Waals surface area contributed by atoms with Gasteiger partial charge in [0.05, 0.1) is 11.6 Å². The van der Waals surface area contributed by atoms with Crippen molar-refractivity contribution >= 4 is 11.0 Å². The highest BCUT2D eigenvalue weighted by Gasteiger charge is 2.22. The summed E-state index contributed by atoms with van der Waals surface area (Å²) in [5.74, 6) is 0. The van der Waals surface area contributed by atoms with Crippen molar-refractivity contribution in [2.45, 2.75) is 57.7 Å². The Labute approximate surface area is 159 Å². The van der Waals surface area contributed by atoms with E-state index < -0.39 is 0 Å². The molecule has 4 heteroatoms. The van der Waals surface area contributed by atoms with E-state index >= 15 is 0 Å². The van der Waals surface area contributed by atoms with Gasteiger partial charge in [-0.05, 0) is 36.6 Å². The monoisotopic (exact) mass is 362 g/mol. The number of pyridine rings is 1. The van der Waals surface area contributed by atoms with Crippen LogP contribution in [0.2, 0.25) is 0 Å². The quantitative estimate of drug-likeness (QED) is 0.605. The van der Waals surface area contributed by atoms with Gasteiger partial charge in [-0.2, -0.15) is 0 Å². The van der Waals surface area contributed by atoms with Crippen molar-refractivity contribution in [1.82, 2.24) is 9.88 Å². The molecule has 3 aromatic rings.